The molecule has 1 heterocycles. The van der Waals surface area contributed by atoms with Crippen LogP contribution in [0.2, 0.25) is 5.02 Å². The molecule has 0 radical (unpaired) electrons. The third kappa shape index (κ3) is 4.27. The third-order valence-electron chi connectivity index (χ3n) is 4.81. The summed E-state index contributed by atoms with van der Waals surface area (Å²) in [5.74, 6) is -0.0966. The number of hydrogen-bond acceptors (Lipinski definition) is 4. The van der Waals surface area contributed by atoms with Gasteiger partial charge in [0.15, 0.2) is 0 Å². The molecule has 0 spiro atoms. The molecule has 140 valence electrons. The van der Waals surface area contributed by atoms with E-state index in [4.69, 9.17) is 16.3 Å². The van der Waals surface area contributed by atoms with Gasteiger partial charge in [-0.1, -0.05) is 48.0 Å². The van der Waals surface area contributed by atoms with Crippen molar-refractivity contribution in [3.8, 4) is 0 Å². The predicted molar refractivity (Wildman–Crippen MR) is 101 cm³/mol. The molecule has 26 heavy (non-hydrogen) atoms. The molecule has 0 amide bonds. The largest absolute Gasteiger partial charge is 0.383 e. The summed E-state index contributed by atoms with van der Waals surface area (Å²) < 4.78 is 33.2. The van der Waals surface area contributed by atoms with Crippen molar-refractivity contribution in [3.63, 3.8) is 0 Å². The molecular weight excluding hydrogens is 374 g/mol. The Morgan fingerprint density at radius 1 is 1.12 bits per heavy atom. The molecule has 7 heteroatoms. The Morgan fingerprint density at radius 2 is 1.81 bits per heavy atom. The maximum absolute atomic E-state index is 12.6. The number of aliphatic hydroxyl groups is 1. The average molecular weight is 396 g/mol. The minimum absolute atomic E-state index is 0.0763. The van der Waals surface area contributed by atoms with Crippen molar-refractivity contribution in [3.05, 3.63) is 65.2 Å². The van der Waals surface area contributed by atoms with Crippen LogP contribution in [-0.4, -0.2) is 33.3 Å². The number of ether oxygens (including phenoxy) is 1. The van der Waals surface area contributed by atoms with E-state index in [1.54, 1.807) is 12.1 Å². The van der Waals surface area contributed by atoms with Crippen molar-refractivity contribution in [2.75, 3.05) is 19.8 Å². The highest BCUT2D eigenvalue weighted by Gasteiger charge is 2.40. The van der Waals surface area contributed by atoms with Gasteiger partial charge in [-0.05, 0) is 42.5 Å². The normalized spacial score (nSPS) is 18.4. The van der Waals surface area contributed by atoms with E-state index < -0.39 is 15.6 Å². The molecule has 1 atom stereocenters. The number of hydrogen-bond donors (Lipinski definition) is 2. The molecule has 0 bridgehead atoms. The number of rotatable bonds is 6. The molecule has 2 aromatic rings. The van der Waals surface area contributed by atoms with Gasteiger partial charge in [-0.15, -0.1) is 0 Å². The van der Waals surface area contributed by atoms with E-state index in [9.17, 15) is 13.5 Å². The van der Waals surface area contributed by atoms with Crippen molar-refractivity contribution in [2.24, 2.45) is 5.92 Å². The molecule has 0 saturated carbocycles. The van der Waals surface area contributed by atoms with Crippen LogP contribution in [0.4, 0.5) is 0 Å². The Balaban J connectivity index is 1.86. The zero-order chi connectivity index (χ0) is 18.6. The van der Waals surface area contributed by atoms with Gasteiger partial charge in [-0.3, -0.25) is 0 Å². The first-order valence-corrected chi connectivity index (χ1v) is 10.4. The minimum Gasteiger partial charge on any atom is -0.383 e. The van der Waals surface area contributed by atoms with E-state index in [1.165, 1.54) is 12.1 Å². The number of nitrogens with one attached hydrogen (secondary N) is 1. The molecule has 1 saturated heterocycles. The van der Waals surface area contributed by atoms with Crippen LogP contribution in [-0.2, 0) is 20.4 Å². The maximum Gasteiger partial charge on any atom is 0.240 e. The maximum atomic E-state index is 12.6. The van der Waals surface area contributed by atoms with Crippen molar-refractivity contribution in [1.29, 1.82) is 0 Å². The predicted octanol–water partition coefficient (Wildman–Crippen LogP) is 2.93. The molecule has 5 nitrogen and oxygen atoms in total. The summed E-state index contributed by atoms with van der Waals surface area (Å²) in [6, 6.07) is 15.2. The van der Waals surface area contributed by atoms with Crippen LogP contribution in [0.5, 0.6) is 0 Å². The van der Waals surface area contributed by atoms with Gasteiger partial charge in [0.1, 0.15) is 5.60 Å². The van der Waals surface area contributed by atoms with E-state index in [1.807, 2.05) is 30.3 Å². The summed E-state index contributed by atoms with van der Waals surface area (Å²) in [4.78, 5) is 0.0763. The molecule has 0 aliphatic carbocycles. The summed E-state index contributed by atoms with van der Waals surface area (Å²) in [7, 11) is -3.79. The number of benzene rings is 2. The lowest BCUT2D eigenvalue weighted by atomic mass is 9.77. The number of halogens is 1. The molecule has 0 unspecified atom stereocenters. The lowest BCUT2D eigenvalue weighted by Crippen LogP contribution is -2.47. The fraction of sp³-hybridized carbons (Fsp3) is 0.368. The van der Waals surface area contributed by atoms with Crippen molar-refractivity contribution in [1.82, 2.24) is 4.72 Å². The second-order valence-corrected chi connectivity index (χ2v) is 8.66. The van der Waals surface area contributed by atoms with E-state index in [0.29, 0.717) is 36.6 Å². The fourth-order valence-electron chi connectivity index (χ4n) is 3.31. The molecule has 0 aromatic heterocycles. The van der Waals surface area contributed by atoms with Crippen LogP contribution < -0.4 is 4.72 Å². The first-order chi connectivity index (χ1) is 12.4. The molecule has 2 aromatic carbocycles. The standard InChI is InChI=1S/C19H22ClNO4S/c20-17-7-4-8-18(13-17)26(23,24)21-14-19(22,15-5-2-1-3-6-15)16-9-11-25-12-10-16/h1-8,13,16,21-22H,9-12,14H2/t19-/m0/s1. The quantitative estimate of drug-likeness (QED) is 0.788. The second-order valence-electron chi connectivity index (χ2n) is 6.46. The van der Waals surface area contributed by atoms with Gasteiger partial charge in [-0.2, -0.15) is 0 Å². The molecule has 1 fully saturated rings. The van der Waals surface area contributed by atoms with Gasteiger partial charge < -0.3 is 9.84 Å². The monoisotopic (exact) mass is 395 g/mol. The van der Waals surface area contributed by atoms with Crippen LogP contribution in [0, 0.1) is 5.92 Å². The molecule has 2 N–H and O–H groups in total. The highest BCUT2D eigenvalue weighted by atomic mass is 35.5. The molecule has 1 aliphatic heterocycles. The van der Waals surface area contributed by atoms with E-state index in [2.05, 4.69) is 4.72 Å². The Kier molecular flexibility index (Phi) is 5.99. The smallest absolute Gasteiger partial charge is 0.240 e. The van der Waals surface area contributed by atoms with E-state index in [0.717, 1.165) is 0 Å². The fourth-order valence-corrected chi connectivity index (χ4v) is 4.68. The third-order valence-corrected chi connectivity index (χ3v) is 6.44. The zero-order valence-electron chi connectivity index (χ0n) is 14.3. The highest BCUT2D eigenvalue weighted by Crippen LogP contribution is 2.36. The van der Waals surface area contributed by atoms with Gasteiger partial charge in [-0.25, -0.2) is 13.1 Å². The van der Waals surface area contributed by atoms with Gasteiger partial charge in [0, 0.05) is 24.8 Å². The van der Waals surface area contributed by atoms with Gasteiger partial charge in [0.05, 0.1) is 4.90 Å². The second kappa shape index (κ2) is 8.06. The molecular formula is C19H22ClNO4S. The average Bonchev–Trinajstić information content (AvgIpc) is 2.67. The van der Waals surface area contributed by atoms with Crippen molar-refractivity contribution < 1.29 is 18.3 Å². The Bertz CT molecular complexity index is 838. The summed E-state index contributed by atoms with van der Waals surface area (Å²) in [5, 5.41) is 11.8. The van der Waals surface area contributed by atoms with Gasteiger partial charge in [0.25, 0.3) is 0 Å². The first kappa shape index (κ1) is 19.3. The van der Waals surface area contributed by atoms with Crippen molar-refractivity contribution in [2.45, 2.75) is 23.3 Å². The Labute approximate surface area is 159 Å². The van der Waals surface area contributed by atoms with Crippen LogP contribution >= 0.6 is 11.6 Å². The Hall–Kier alpha value is -1.44. The van der Waals surface area contributed by atoms with Crippen LogP contribution in [0.3, 0.4) is 0 Å². The number of sulfonamides is 1. The summed E-state index contributed by atoms with van der Waals surface area (Å²) >= 11 is 5.90. The van der Waals surface area contributed by atoms with Gasteiger partial charge >= 0.3 is 0 Å². The van der Waals surface area contributed by atoms with Crippen LogP contribution in [0.15, 0.2) is 59.5 Å². The Morgan fingerprint density at radius 3 is 2.46 bits per heavy atom. The van der Waals surface area contributed by atoms with Gasteiger partial charge in [0.2, 0.25) is 10.0 Å². The summed E-state index contributed by atoms with van der Waals surface area (Å²) in [6.07, 6.45) is 1.34. The van der Waals surface area contributed by atoms with E-state index >= 15 is 0 Å². The van der Waals surface area contributed by atoms with Crippen LogP contribution in [0.25, 0.3) is 0 Å². The lowest BCUT2D eigenvalue weighted by Gasteiger charge is -2.39. The molecule has 3 rings (SSSR count). The van der Waals surface area contributed by atoms with Crippen LogP contribution in [0.1, 0.15) is 18.4 Å². The van der Waals surface area contributed by atoms with E-state index in [-0.39, 0.29) is 17.4 Å². The summed E-state index contributed by atoms with van der Waals surface area (Å²) in [6.45, 7) is 0.998. The minimum atomic E-state index is -3.79. The molecule has 1 aliphatic rings. The first-order valence-electron chi connectivity index (χ1n) is 8.53. The lowest BCUT2D eigenvalue weighted by molar-refractivity contribution is -0.0663. The SMILES string of the molecule is O=S(=O)(NC[C@](O)(c1ccccc1)C1CCOCC1)c1cccc(Cl)c1. The topological polar surface area (TPSA) is 75.6 Å². The zero-order valence-corrected chi connectivity index (χ0v) is 15.8. The summed E-state index contributed by atoms with van der Waals surface area (Å²) in [5.41, 5.74) is -0.614. The van der Waals surface area contributed by atoms with Crippen molar-refractivity contribution >= 4 is 21.6 Å². The highest BCUT2D eigenvalue weighted by molar-refractivity contribution is 7.89.